The number of rotatable bonds is 3. The van der Waals surface area contributed by atoms with Crippen molar-refractivity contribution in [3.05, 3.63) is 23.8 Å². The van der Waals surface area contributed by atoms with Crippen LogP contribution in [0.1, 0.15) is 12.5 Å². The van der Waals surface area contributed by atoms with E-state index in [4.69, 9.17) is 9.47 Å². The van der Waals surface area contributed by atoms with E-state index in [9.17, 15) is 0 Å². The van der Waals surface area contributed by atoms with E-state index in [1.807, 2.05) is 25.1 Å². The first-order valence-electron chi connectivity index (χ1n) is 5.17. The second-order valence-corrected chi connectivity index (χ2v) is 4.31. The number of nitrogens with one attached hydrogen (secondary N) is 1. The average molecular weight is 207 g/mol. The third-order valence-corrected chi connectivity index (χ3v) is 2.67. The van der Waals surface area contributed by atoms with Gasteiger partial charge in [-0.25, -0.2) is 0 Å². The molecule has 3 nitrogen and oxygen atoms in total. The highest BCUT2D eigenvalue weighted by Gasteiger charge is 2.34. The smallest absolute Gasteiger partial charge is 0.162 e. The third-order valence-electron chi connectivity index (χ3n) is 2.67. The lowest BCUT2D eigenvalue weighted by molar-refractivity contribution is 0.0323. The van der Waals surface area contributed by atoms with E-state index in [0.29, 0.717) is 0 Å². The number of benzene rings is 1. The van der Waals surface area contributed by atoms with E-state index in [1.165, 1.54) is 5.56 Å². The Balaban J connectivity index is 2.21. The largest absolute Gasteiger partial charge is 0.493 e. The zero-order valence-corrected chi connectivity index (χ0v) is 9.46. The summed E-state index contributed by atoms with van der Waals surface area (Å²) in [5.74, 6) is 1.63. The Morgan fingerprint density at radius 1 is 1.27 bits per heavy atom. The number of methoxy groups -OCH3 is 1. The molecule has 15 heavy (non-hydrogen) atoms. The summed E-state index contributed by atoms with van der Waals surface area (Å²) in [7, 11) is 1.67. The van der Waals surface area contributed by atoms with Crippen molar-refractivity contribution in [3.8, 4) is 11.5 Å². The molecular formula is C12H17NO2. The summed E-state index contributed by atoms with van der Waals surface area (Å²) >= 11 is 0. The SMILES string of the molecule is COc1ccc(C)cc1OC1(C)CNC1. The van der Waals surface area contributed by atoms with Crippen LogP contribution in [0.3, 0.4) is 0 Å². The summed E-state index contributed by atoms with van der Waals surface area (Å²) in [6.07, 6.45) is 0. The molecule has 1 aliphatic rings. The van der Waals surface area contributed by atoms with Gasteiger partial charge in [-0.05, 0) is 31.5 Å². The molecule has 0 saturated carbocycles. The van der Waals surface area contributed by atoms with Gasteiger partial charge in [-0.2, -0.15) is 0 Å². The third kappa shape index (κ3) is 2.07. The van der Waals surface area contributed by atoms with Crippen molar-refractivity contribution in [1.82, 2.24) is 5.32 Å². The van der Waals surface area contributed by atoms with Crippen LogP contribution in [0.4, 0.5) is 0 Å². The van der Waals surface area contributed by atoms with Crippen molar-refractivity contribution in [2.45, 2.75) is 19.4 Å². The van der Waals surface area contributed by atoms with Gasteiger partial charge in [0.25, 0.3) is 0 Å². The molecule has 1 fully saturated rings. The second-order valence-electron chi connectivity index (χ2n) is 4.31. The maximum atomic E-state index is 5.95. The lowest BCUT2D eigenvalue weighted by Crippen LogP contribution is -2.61. The molecule has 0 unspecified atom stereocenters. The lowest BCUT2D eigenvalue weighted by atomic mass is 10.00. The van der Waals surface area contributed by atoms with Crippen LogP contribution in [-0.4, -0.2) is 25.8 Å². The minimum Gasteiger partial charge on any atom is -0.493 e. The second kappa shape index (κ2) is 3.74. The van der Waals surface area contributed by atoms with Gasteiger partial charge in [0.15, 0.2) is 11.5 Å². The molecule has 0 aromatic heterocycles. The normalized spacial score (nSPS) is 18.1. The molecule has 0 bridgehead atoms. The molecule has 3 heteroatoms. The van der Waals surface area contributed by atoms with Crippen LogP contribution in [0.2, 0.25) is 0 Å². The zero-order chi connectivity index (χ0) is 10.9. The summed E-state index contributed by atoms with van der Waals surface area (Å²) < 4.78 is 11.2. The van der Waals surface area contributed by atoms with Gasteiger partial charge in [0.05, 0.1) is 7.11 Å². The molecule has 0 spiro atoms. The minimum absolute atomic E-state index is 0.0823. The van der Waals surface area contributed by atoms with Crippen molar-refractivity contribution in [3.63, 3.8) is 0 Å². The van der Waals surface area contributed by atoms with Crippen molar-refractivity contribution < 1.29 is 9.47 Å². The molecule has 1 heterocycles. The molecule has 1 saturated heterocycles. The highest BCUT2D eigenvalue weighted by atomic mass is 16.5. The quantitative estimate of drug-likeness (QED) is 0.819. The predicted octanol–water partition coefficient (Wildman–Crippen LogP) is 1.74. The fourth-order valence-corrected chi connectivity index (χ4v) is 1.68. The minimum atomic E-state index is -0.0823. The molecule has 1 N–H and O–H groups in total. The van der Waals surface area contributed by atoms with E-state index in [-0.39, 0.29) is 5.60 Å². The first kappa shape index (κ1) is 10.3. The maximum absolute atomic E-state index is 5.95. The Morgan fingerprint density at radius 2 is 2.00 bits per heavy atom. The molecule has 2 rings (SSSR count). The number of ether oxygens (including phenoxy) is 2. The Kier molecular flexibility index (Phi) is 2.57. The van der Waals surface area contributed by atoms with Gasteiger partial charge in [-0.15, -0.1) is 0 Å². The van der Waals surface area contributed by atoms with Gasteiger partial charge < -0.3 is 14.8 Å². The van der Waals surface area contributed by atoms with Crippen LogP contribution in [-0.2, 0) is 0 Å². The van der Waals surface area contributed by atoms with E-state index in [1.54, 1.807) is 7.11 Å². The molecule has 1 aromatic rings. The monoisotopic (exact) mass is 207 g/mol. The van der Waals surface area contributed by atoms with Crippen molar-refractivity contribution >= 4 is 0 Å². The molecule has 1 aromatic carbocycles. The Hall–Kier alpha value is -1.22. The molecule has 82 valence electrons. The van der Waals surface area contributed by atoms with E-state index in [0.717, 1.165) is 24.6 Å². The first-order chi connectivity index (χ1) is 7.13. The zero-order valence-electron chi connectivity index (χ0n) is 9.46. The maximum Gasteiger partial charge on any atom is 0.162 e. The van der Waals surface area contributed by atoms with Crippen LogP contribution in [0, 0.1) is 6.92 Å². The van der Waals surface area contributed by atoms with Crippen molar-refractivity contribution in [1.29, 1.82) is 0 Å². The summed E-state index contributed by atoms with van der Waals surface area (Å²) in [6.45, 7) is 5.94. The topological polar surface area (TPSA) is 30.5 Å². The standard InChI is InChI=1S/C12H17NO2/c1-9-4-5-10(14-3)11(6-9)15-12(2)7-13-8-12/h4-6,13H,7-8H2,1-3H3. The highest BCUT2D eigenvalue weighted by Crippen LogP contribution is 2.32. The van der Waals surface area contributed by atoms with Crippen LogP contribution in [0.25, 0.3) is 0 Å². The van der Waals surface area contributed by atoms with Gasteiger partial charge in [-0.3, -0.25) is 0 Å². The molecular weight excluding hydrogens is 190 g/mol. The van der Waals surface area contributed by atoms with E-state index < -0.39 is 0 Å². The number of hydrogen-bond donors (Lipinski definition) is 1. The summed E-state index contributed by atoms with van der Waals surface area (Å²) in [6, 6.07) is 5.98. The summed E-state index contributed by atoms with van der Waals surface area (Å²) in [5.41, 5.74) is 1.10. The predicted molar refractivity (Wildman–Crippen MR) is 59.6 cm³/mol. The lowest BCUT2D eigenvalue weighted by Gasteiger charge is -2.39. The Bertz CT molecular complexity index is 359. The van der Waals surface area contributed by atoms with Crippen LogP contribution >= 0.6 is 0 Å². The van der Waals surface area contributed by atoms with Gasteiger partial charge in [0.2, 0.25) is 0 Å². The fourth-order valence-electron chi connectivity index (χ4n) is 1.68. The molecule has 0 aliphatic carbocycles. The van der Waals surface area contributed by atoms with Crippen LogP contribution in [0.5, 0.6) is 11.5 Å². The van der Waals surface area contributed by atoms with Gasteiger partial charge in [-0.1, -0.05) is 6.07 Å². The Labute approximate surface area is 90.4 Å². The van der Waals surface area contributed by atoms with Crippen LogP contribution in [0.15, 0.2) is 18.2 Å². The van der Waals surface area contributed by atoms with Gasteiger partial charge in [0.1, 0.15) is 5.60 Å². The first-order valence-corrected chi connectivity index (χ1v) is 5.17. The van der Waals surface area contributed by atoms with Crippen molar-refractivity contribution in [2.75, 3.05) is 20.2 Å². The molecule has 0 atom stereocenters. The van der Waals surface area contributed by atoms with Crippen molar-refractivity contribution in [2.24, 2.45) is 0 Å². The highest BCUT2D eigenvalue weighted by molar-refractivity contribution is 5.43. The van der Waals surface area contributed by atoms with E-state index in [2.05, 4.69) is 12.2 Å². The van der Waals surface area contributed by atoms with Gasteiger partial charge in [0, 0.05) is 13.1 Å². The number of aryl methyl sites for hydroxylation is 1. The number of hydrogen-bond acceptors (Lipinski definition) is 3. The summed E-state index contributed by atoms with van der Waals surface area (Å²) in [4.78, 5) is 0. The molecule has 1 aliphatic heterocycles. The Morgan fingerprint density at radius 3 is 2.53 bits per heavy atom. The average Bonchev–Trinajstić information content (AvgIpc) is 2.16. The molecule has 0 radical (unpaired) electrons. The summed E-state index contributed by atoms with van der Waals surface area (Å²) in [5, 5.41) is 3.21. The fraction of sp³-hybridized carbons (Fsp3) is 0.500. The van der Waals surface area contributed by atoms with E-state index >= 15 is 0 Å². The molecule has 0 amide bonds. The van der Waals surface area contributed by atoms with Gasteiger partial charge >= 0.3 is 0 Å². The van der Waals surface area contributed by atoms with Crippen LogP contribution < -0.4 is 14.8 Å².